The van der Waals surface area contributed by atoms with Gasteiger partial charge in [0, 0.05) is 24.3 Å². The third kappa shape index (κ3) is 4.37. The maximum absolute atomic E-state index is 11.7. The van der Waals surface area contributed by atoms with E-state index in [1.54, 1.807) is 25.2 Å². The monoisotopic (exact) mass is 263 g/mol. The first kappa shape index (κ1) is 15.2. The van der Waals surface area contributed by atoms with E-state index in [0.29, 0.717) is 11.3 Å². The number of rotatable bonds is 5. The third-order valence-electron chi connectivity index (χ3n) is 2.75. The second-order valence-corrected chi connectivity index (χ2v) is 4.64. The van der Waals surface area contributed by atoms with Gasteiger partial charge in [0.2, 0.25) is 5.91 Å². The number of hydrogen-bond donors (Lipinski definition) is 3. The van der Waals surface area contributed by atoms with Gasteiger partial charge >= 0.3 is 0 Å². The molecule has 0 spiro atoms. The van der Waals surface area contributed by atoms with Crippen molar-refractivity contribution >= 4 is 17.5 Å². The summed E-state index contributed by atoms with van der Waals surface area (Å²) in [5.41, 5.74) is 1.99. The van der Waals surface area contributed by atoms with Crippen molar-refractivity contribution in [1.82, 2.24) is 10.6 Å². The van der Waals surface area contributed by atoms with Crippen molar-refractivity contribution in [2.24, 2.45) is 0 Å². The van der Waals surface area contributed by atoms with E-state index < -0.39 is 0 Å². The Balaban J connectivity index is 2.79. The largest absolute Gasteiger partial charge is 0.355 e. The number of carbonyl (C=O) groups is 2. The summed E-state index contributed by atoms with van der Waals surface area (Å²) in [6.07, 6.45) is 0. The van der Waals surface area contributed by atoms with E-state index in [2.05, 4.69) is 16.0 Å². The van der Waals surface area contributed by atoms with Crippen molar-refractivity contribution in [3.8, 4) is 0 Å². The van der Waals surface area contributed by atoms with E-state index in [-0.39, 0.29) is 24.4 Å². The van der Waals surface area contributed by atoms with Crippen LogP contribution < -0.4 is 16.0 Å². The molecule has 19 heavy (non-hydrogen) atoms. The quantitative estimate of drug-likeness (QED) is 0.749. The van der Waals surface area contributed by atoms with Crippen LogP contribution in [-0.4, -0.2) is 31.4 Å². The van der Waals surface area contributed by atoms with E-state index >= 15 is 0 Å². The molecule has 0 fully saturated rings. The predicted molar refractivity (Wildman–Crippen MR) is 76.3 cm³/mol. The molecule has 2 amide bonds. The van der Waals surface area contributed by atoms with Gasteiger partial charge in [0.15, 0.2) is 0 Å². The maximum Gasteiger partial charge on any atom is 0.251 e. The molecule has 0 saturated heterocycles. The zero-order chi connectivity index (χ0) is 14.4. The number of nitrogens with one attached hydrogen (secondary N) is 3. The van der Waals surface area contributed by atoms with Crippen molar-refractivity contribution in [2.75, 3.05) is 18.9 Å². The number of anilines is 1. The fourth-order valence-electron chi connectivity index (χ4n) is 1.64. The van der Waals surface area contributed by atoms with Gasteiger partial charge in [0.1, 0.15) is 0 Å². The third-order valence-corrected chi connectivity index (χ3v) is 2.75. The van der Waals surface area contributed by atoms with E-state index in [4.69, 9.17) is 0 Å². The highest BCUT2D eigenvalue weighted by molar-refractivity contribution is 5.99. The molecule has 0 aliphatic carbocycles. The maximum atomic E-state index is 11.7. The number of benzene rings is 1. The summed E-state index contributed by atoms with van der Waals surface area (Å²) in [7, 11) is 1.58. The lowest BCUT2D eigenvalue weighted by molar-refractivity contribution is -0.115. The van der Waals surface area contributed by atoms with Gasteiger partial charge in [0.05, 0.1) is 6.54 Å². The Kier molecular flexibility index (Phi) is 5.51. The van der Waals surface area contributed by atoms with Crippen LogP contribution in [0, 0.1) is 6.92 Å². The van der Waals surface area contributed by atoms with Gasteiger partial charge in [-0.3, -0.25) is 9.59 Å². The van der Waals surface area contributed by atoms with Crippen LogP contribution >= 0.6 is 0 Å². The summed E-state index contributed by atoms with van der Waals surface area (Å²) in [6.45, 7) is 6.02. The Bertz CT molecular complexity index is 470. The average Bonchev–Trinajstić information content (AvgIpc) is 2.38. The summed E-state index contributed by atoms with van der Waals surface area (Å²) in [6, 6.07) is 5.53. The fourth-order valence-corrected chi connectivity index (χ4v) is 1.64. The van der Waals surface area contributed by atoms with Crippen LogP contribution in [0.15, 0.2) is 18.2 Å². The second kappa shape index (κ2) is 6.89. The van der Waals surface area contributed by atoms with Crippen molar-refractivity contribution in [3.05, 3.63) is 29.3 Å². The SMILES string of the molecule is CNC(=O)c1cccc(NC(=O)CNC(C)C)c1C. The van der Waals surface area contributed by atoms with E-state index in [0.717, 1.165) is 5.56 Å². The Morgan fingerprint density at radius 2 is 1.95 bits per heavy atom. The summed E-state index contributed by atoms with van der Waals surface area (Å²) < 4.78 is 0. The molecule has 0 heterocycles. The lowest BCUT2D eigenvalue weighted by atomic mass is 10.1. The van der Waals surface area contributed by atoms with Gasteiger partial charge in [-0.1, -0.05) is 19.9 Å². The van der Waals surface area contributed by atoms with Gasteiger partial charge in [0.25, 0.3) is 5.91 Å². The summed E-state index contributed by atoms with van der Waals surface area (Å²) in [5.74, 6) is -0.278. The van der Waals surface area contributed by atoms with Gasteiger partial charge in [-0.2, -0.15) is 0 Å². The molecule has 0 aliphatic heterocycles. The molecule has 0 radical (unpaired) electrons. The number of carbonyl (C=O) groups excluding carboxylic acids is 2. The minimum Gasteiger partial charge on any atom is -0.355 e. The zero-order valence-corrected chi connectivity index (χ0v) is 11.8. The summed E-state index contributed by atoms with van der Waals surface area (Å²) in [5, 5.41) is 8.42. The van der Waals surface area contributed by atoms with Gasteiger partial charge in [-0.25, -0.2) is 0 Å². The van der Waals surface area contributed by atoms with Crippen LogP contribution in [0.4, 0.5) is 5.69 Å². The van der Waals surface area contributed by atoms with E-state index in [1.807, 2.05) is 20.8 Å². The van der Waals surface area contributed by atoms with Gasteiger partial charge < -0.3 is 16.0 Å². The standard InChI is InChI=1S/C14H21N3O2/c1-9(2)16-8-13(18)17-12-7-5-6-11(10(12)3)14(19)15-4/h5-7,9,16H,8H2,1-4H3,(H,15,19)(H,17,18). The minimum absolute atomic E-state index is 0.120. The number of hydrogen-bond acceptors (Lipinski definition) is 3. The zero-order valence-electron chi connectivity index (χ0n) is 11.8. The van der Waals surface area contributed by atoms with Crippen LogP contribution in [-0.2, 0) is 4.79 Å². The highest BCUT2D eigenvalue weighted by Gasteiger charge is 2.11. The molecule has 0 aromatic heterocycles. The van der Waals surface area contributed by atoms with Crippen LogP contribution in [0.2, 0.25) is 0 Å². The van der Waals surface area contributed by atoms with Crippen LogP contribution in [0.5, 0.6) is 0 Å². The van der Waals surface area contributed by atoms with Crippen molar-refractivity contribution in [1.29, 1.82) is 0 Å². The number of amides is 2. The van der Waals surface area contributed by atoms with Gasteiger partial charge in [-0.15, -0.1) is 0 Å². The van der Waals surface area contributed by atoms with Crippen molar-refractivity contribution in [3.63, 3.8) is 0 Å². The molecule has 0 atom stereocenters. The molecular weight excluding hydrogens is 242 g/mol. The smallest absolute Gasteiger partial charge is 0.251 e. The Hall–Kier alpha value is -1.88. The van der Waals surface area contributed by atoms with Crippen LogP contribution in [0.25, 0.3) is 0 Å². The molecule has 104 valence electrons. The molecule has 1 aromatic rings. The lowest BCUT2D eigenvalue weighted by Crippen LogP contribution is -2.32. The molecule has 0 aliphatic rings. The van der Waals surface area contributed by atoms with Crippen molar-refractivity contribution < 1.29 is 9.59 Å². The normalized spacial score (nSPS) is 10.4. The molecule has 5 nitrogen and oxygen atoms in total. The first-order valence-electron chi connectivity index (χ1n) is 6.30. The summed E-state index contributed by atoms with van der Waals surface area (Å²) in [4.78, 5) is 23.4. The fraction of sp³-hybridized carbons (Fsp3) is 0.429. The second-order valence-electron chi connectivity index (χ2n) is 4.64. The molecule has 5 heteroatoms. The van der Waals surface area contributed by atoms with E-state index in [1.165, 1.54) is 0 Å². The molecule has 0 saturated carbocycles. The molecule has 0 bridgehead atoms. The lowest BCUT2D eigenvalue weighted by Gasteiger charge is -2.13. The highest BCUT2D eigenvalue weighted by atomic mass is 16.2. The average molecular weight is 263 g/mol. The first-order valence-corrected chi connectivity index (χ1v) is 6.30. The molecule has 0 unspecified atom stereocenters. The highest BCUT2D eigenvalue weighted by Crippen LogP contribution is 2.18. The molecule has 1 rings (SSSR count). The topological polar surface area (TPSA) is 70.2 Å². The molecule has 3 N–H and O–H groups in total. The Morgan fingerprint density at radius 1 is 1.26 bits per heavy atom. The summed E-state index contributed by atoms with van der Waals surface area (Å²) >= 11 is 0. The molecular formula is C14H21N3O2. The Morgan fingerprint density at radius 3 is 2.53 bits per heavy atom. The van der Waals surface area contributed by atoms with Crippen LogP contribution in [0.3, 0.4) is 0 Å². The van der Waals surface area contributed by atoms with Gasteiger partial charge in [-0.05, 0) is 24.6 Å². The minimum atomic E-state index is -0.158. The Labute approximate surface area is 113 Å². The first-order chi connectivity index (χ1) is 8.95. The van der Waals surface area contributed by atoms with Crippen molar-refractivity contribution in [2.45, 2.75) is 26.8 Å². The predicted octanol–water partition coefficient (Wildman–Crippen LogP) is 1.29. The van der Waals surface area contributed by atoms with Crippen LogP contribution in [0.1, 0.15) is 29.8 Å². The van der Waals surface area contributed by atoms with E-state index in [9.17, 15) is 9.59 Å². The molecule has 1 aromatic carbocycles.